The first-order valence-electron chi connectivity index (χ1n) is 5.82. The molecule has 1 aromatic carbocycles. The number of hydrogen-bond acceptors (Lipinski definition) is 3. The second-order valence-electron chi connectivity index (χ2n) is 4.33. The van der Waals surface area contributed by atoms with E-state index in [0.29, 0.717) is 12.1 Å². The van der Waals surface area contributed by atoms with Crippen LogP contribution in [0.2, 0.25) is 10.3 Å². The molecule has 0 bridgehead atoms. The number of aromatic nitrogens is 1. The minimum Gasteiger partial charge on any atom is -0.508 e. The van der Waals surface area contributed by atoms with Crippen LogP contribution in [0.3, 0.4) is 0 Å². The van der Waals surface area contributed by atoms with Gasteiger partial charge in [0.15, 0.2) is 0 Å². The van der Waals surface area contributed by atoms with Crippen LogP contribution in [0, 0.1) is 0 Å². The van der Waals surface area contributed by atoms with Crippen molar-refractivity contribution in [3.05, 3.63) is 57.8 Å². The predicted molar refractivity (Wildman–Crippen MR) is 78.2 cm³/mol. The fourth-order valence-electron chi connectivity index (χ4n) is 1.76. The van der Waals surface area contributed by atoms with Crippen LogP contribution in [-0.2, 0) is 6.54 Å². The number of carbonyl (C=O) groups is 1. The third-order valence-corrected chi connectivity index (χ3v) is 3.10. The van der Waals surface area contributed by atoms with E-state index in [0.717, 1.165) is 5.56 Å². The summed E-state index contributed by atoms with van der Waals surface area (Å²) >= 11 is 11.6. The molecule has 1 N–H and O–H groups in total. The van der Waals surface area contributed by atoms with Crippen molar-refractivity contribution in [2.45, 2.75) is 6.54 Å². The minimum atomic E-state index is -0.204. The van der Waals surface area contributed by atoms with Crippen molar-refractivity contribution in [2.75, 3.05) is 7.05 Å². The molecule has 0 aliphatic carbocycles. The van der Waals surface area contributed by atoms with Gasteiger partial charge in [-0.15, -0.1) is 0 Å². The molecule has 0 fully saturated rings. The molecule has 4 nitrogen and oxygen atoms in total. The molecule has 0 aliphatic rings. The Morgan fingerprint density at radius 3 is 2.30 bits per heavy atom. The van der Waals surface area contributed by atoms with Gasteiger partial charge < -0.3 is 10.0 Å². The van der Waals surface area contributed by atoms with Gasteiger partial charge >= 0.3 is 0 Å². The number of halogens is 2. The Balaban J connectivity index is 2.14. The zero-order valence-corrected chi connectivity index (χ0v) is 12.2. The maximum Gasteiger partial charge on any atom is 0.254 e. The first-order chi connectivity index (χ1) is 9.45. The Morgan fingerprint density at radius 1 is 1.20 bits per heavy atom. The maximum atomic E-state index is 12.3. The van der Waals surface area contributed by atoms with Crippen molar-refractivity contribution in [1.82, 2.24) is 9.88 Å². The number of pyridine rings is 1. The van der Waals surface area contributed by atoms with Gasteiger partial charge in [-0.25, -0.2) is 4.98 Å². The van der Waals surface area contributed by atoms with Crippen molar-refractivity contribution < 1.29 is 9.90 Å². The summed E-state index contributed by atoms with van der Waals surface area (Å²) in [4.78, 5) is 17.6. The molecule has 0 saturated heterocycles. The molecule has 0 aliphatic heterocycles. The molecule has 20 heavy (non-hydrogen) atoms. The smallest absolute Gasteiger partial charge is 0.254 e. The number of phenolic OH excluding ortho intramolecular Hbond substituents is 1. The highest BCUT2D eigenvalue weighted by Gasteiger charge is 2.14. The topological polar surface area (TPSA) is 53.4 Å². The first-order valence-corrected chi connectivity index (χ1v) is 6.58. The molecular weight excluding hydrogens is 299 g/mol. The third kappa shape index (κ3) is 3.62. The number of benzene rings is 1. The van der Waals surface area contributed by atoms with Gasteiger partial charge in [-0.2, -0.15) is 0 Å². The van der Waals surface area contributed by atoms with E-state index in [1.165, 1.54) is 17.0 Å². The zero-order valence-electron chi connectivity index (χ0n) is 10.7. The van der Waals surface area contributed by atoms with Crippen LogP contribution in [0.1, 0.15) is 15.9 Å². The summed E-state index contributed by atoms with van der Waals surface area (Å²) in [5.41, 5.74) is 1.29. The zero-order chi connectivity index (χ0) is 14.7. The number of aromatic hydroxyl groups is 1. The van der Waals surface area contributed by atoms with Crippen LogP contribution in [0.5, 0.6) is 5.75 Å². The molecule has 104 valence electrons. The molecule has 6 heteroatoms. The Labute approximate surface area is 126 Å². The lowest BCUT2D eigenvalue weighted by Crippen LogP contribution is -2.26. The summed E-state index contributed by atoms with van der Waals surface area (Å²) in [6.07, 6.45) is 0. The van der Waals surface area contributed by atoms with Crippen LogP contribution >= 0.6 is 23.2 Å². The molecule has 2 rings (SSSR count). The minimum absolute atomic E-state index is 0.180. The standard InChI is InChI=1S/C14H12Cl2N2O2/c1-18(8-9-2-4-11(19)5-3-9)14(20)10-6-12(15)17-13(16)7-10/h2-7,19H,8H2,1H3. The molecule has 1 aromatic heterocycles. The SMILES string of the molecule is CN(Cc1ccc(O)cc1)C(=O)c1cc(Cl)nc(Cl)c1. The van der Waals surface area contributed by atoms with Crippen LogP contribution in [0.4, 0.5) is 0 Å². The fraction of sp³-hybridized carbons (Fsp3) is 0.143. The Hall–Kier alpha value is -1.78. The van der Waals surface area contributed by atoms with Crippen molar-refractivity contribution in [3.63, 3.8) is 0 Å². The van der Waals surface area contributed by atoms with Crippen LogP contribution in [0.25, 0.3) is 0 Å². The number of carbonyl (C=O) groups excluding carboxylic acids is 1. The molecule has 0 spiro atoms. The van der Waals surface area contributed by atoms with E-state index in [-0.39, 0.29) is 22.0 Å². The number of amides is 1. The highest BCUT2D eigenvalue weighted by molar-refractivity contribution is 6.33. The fourth-order valence-corrected chi connectivity index (χ4v) is 2.22. The summed E-state index contributed by atoms with van der Waals surface area (Å²) in [7, 11) is 1.68. The quantitative estimate of drug-likeness (QED) is 0.884. The lowest BCUT2D eigenvalue weighted by Gasteiger charge is -2.17. The van der Waals surface area contributed by atoms with E-state index in [4.69, 9.17) is 23.2 Å². The third-order valence-electron chi connectivity index (χ3n) is 2.71. The van der Waals surface area contributed by atoms with Gasteiger partial charge in [0, 0.05) is 19.2 Å². The summed E-state index contributed by atoms with van der Waals surface area (Å²) in [6, 6.07) is 9.62. The number of phenols is 1. The molecule has 0 saturated carbocycles. The highest BCUT2D eigenvalue weighted by atomic mass is 35.5. The second-order valence-corrected chi connectivity index (χ2v) is 5.10. The molecule has 0 radical (unpaired) electrons. The van der Waals surface area contributed by atoms with E-state index in [9.17, 15) is 9.90 Å². The summed E-state index contributed by atoms with van der Waals surface area (Å²) < 4.78 is 0. The average Bonchev–Trinajstić information content (AvgIpc) is 2.39. The van der Waals surface area contributed by atoms with Crippen molar-refractivity contribution in [2.24, 2.45) is 0 Å². The van der Waals surface area contributed by atoms with Gasteiger partial charge in [-0.3, -0.25) is 4.79 Å². The lowest BCUT2D eigenvalue weighted by atomic mass is 10.2. The van der Waals surface area contributed by atoms with Gasteiger partial charge in [0.25, 0.3) is 5.91 Å². The highest BCUT2D eigenvalue weighted by Crippen LogP contribution is 2.17. The van der Waals surface area contributed by atoms with Gasteiger partial charge in [-0.1, -0.05) is 35.3 Å². The maximum absolute atomic E-state index is 12.3. The summed E-state index contributed by atoms with van der Waals surface area (Å²) in [6.45, 7) is 0.413. The Morgan fingerprint density at radius 2 is 1.75 bits per heavy atom. The molecule has 1 heterocycles. The van der Waals surface area contributed by atoms with E-state index in [1.54, 1.807) is 31.3 Å². The Kier molecular flexibility index (Phi) is 4.47. The monoisotopic (exact) mass is 310 g/mol. The lowest BCUT2D eigenvalue weighted by molar-refractivity contribution is 0.0785. The summed E-state index contributed by atoms with van der Waals surface area (Å²) in [5, 5.41) is 9.58. The van der Waals surface area contributed by atoms with Crippen LogP contribution < -0.4 is 0 Å². The number of hydrogen-bond donors (Lipinski definition) is 1. The van der Waals surface area contributed by atoms with E-state index in [2.05, 4.69) is 4.98 Å². The van der Waals surface area contributed by atoms with E-state index in [1.807, 2.05) is 0 Å². The predicted octanol–water partition coefficient (Wildman–Crippen LogP) is 3.37. The van der Waals surface area contributed by atoms with E-state index < -0.39 is 0 Å². The van der Waals surface area contributed by atoms with Gasteiger partial charge in [-0.05, 0) is 29.8 Å². The van der Waals surface area contributed by atoms with Crippen molar-refractivity contribution in [1.29, 1.82) is 0 Å². The van der Waals surface area contributed by atoms with Gasteiger partial charge in [0.05, 0.1) is 0 Å². The van der Waals surface area contributed by atoms with Crippen LogP contribution in [0.15, 0.2) is 36.4 Å². The molecule has 2 aromatic rings. The summed E-state index contributed by atoms with van der Waals surface area (Å²) in [5.74, 6) is -0.0142. The molecule has 1 amide bonds. The van der Waals surface area contributed by atoms with Crippen molar-refractivity contribution >= 4 is 29.1 Å². The normalized spacial score (nSPS) is 10.3. The average molecular weight is 311 g/mol. The molecule has 0 atom stereocenters. The Bertz CT molecular complexity index is 609. The molecular formula is C14H12Cl2N2O2. The van der Waals surface area contributed by atoms with Gasteiger partial charge in [0.2, 0.25) is 0 Å². The number of nitrogens with zero attached hydrogens (tertiary/aromatic N) is 2. The largest absolute Gasteiger partial charge is 0.508 e. The van der Waals surface area contributed by atoms with Crippen LogP contribution in [-0.4, -0.2) is 27.9 Å². The first kappa shape index (κ1) is 14.6. The van der Waals surface area contributed by atoms with E-state index >= 15 is 0 Å². The number of rotatable bonds is 3. The van der Waals surface area contributed by atoms with Gasteiger partial charge in [0.1, 0.15) is 16.1 Å². The molecule has 0 unspecified atom stereocenters. The van der Waals surface area contributed by atoms with Crippen molar-refractivity contribution in [3.8, 4) is 5.75 Å². The second kappa shape index (κ2) is 6.11.